The van der Waals surface area contributed by atoms with Crippen LogP contribution in [-0.2, 0) is 4.79 Å². The molecule has 3 unspecified atom stereocenters. The lowest BCUT2D eigenvalue weighted by atomic mass is 9.74. The summed E-state index contributed by atoms with van der Waals surface area (Å²) < 4.78 is 0. The Balaban J connectivity index is 1.94. The largest absolute Gasteiger partial charge is 0.352 e. The second kappa shape index (κ2) is 6.90. The first kappa shape index (κ1) is 15.8. The van der Waals surface area contributed by atoms with Crippen molar-refractivity contribution in [2.24, 2.45) is 23.3 Å². The summed E-state index contributed by atoms with van der Waals surface area (Å²) in [7, 11) is 0. The summed E-state index contributed by atoms with van der Waals surface area (Å²) in [4.78, 5) is 12.6. The Morgan fingerprint density at radius 3 is 2.45 bits per heavy atom. The molecule has 116 valence electrons. The predicted octanol–water partition coefficient (Wildman–Crippen LogP) is 1.92. The third-order valence-electron chi connectivity index (χ3n) is 5.37. The van der Waals surface area contributed by atoms with Crippen molar-refractivity contribution >= 4 is 5.91 Å². The molecular weight excluding hydrogens is 250 g/mol. The second-order valence-corrected chi connectivity index (χ2v) is 7.05. The molecular formula is C16H31N3O. The Morgan fingerprint density at radius 2 is 1.85 bits per heavy atom. The lowest BCUT2D eigenvalue weighted by molar-refractivity contribution is -0.129. The Hall–Kier alpha value is -0.610. The molecule has 2 fully saturated rings. The summed E-state index contributed by atoms with van der Waals surface area (Å²) in [5.74, 6) is 0.648. The first-order chi connectivity index (χ1) is 9.54. The average molecular weight is 281 g/mol. The van der Waals surface area contributed by atoms with Gasteiger partial charge in [0.15, 0.2) is 0 Å². The first-order valence-corrected chi connectivity index (χ1v) is 8.34. The fourth-order valence-electron chi connectivity index (χ4n) is 3.98. The lowest BCUT2D eigenvalue weighted by Gasteiger charge is -2.39. The monoisotopic (exact) mass is 281 g/mol. The van der Waals surface area contributed by atoms with Gasteiger partial charge in [0.25, 0.3) is 0 Å². The molecule has 1 amide bonds. The van der Waals surface area contributed by atoms with Gasteiger partial charge in [0.2, 0.25) is 5.91 Å². The second-order valence-electron chi connectivity index (χ2n) is 7.05. The minimum Gasteiger partial charge on any atom is -0.352 e. The molecule has 0 bridgehead atoms. The molecule has 0 aromatic heterocycles. The number of hydrogen-bond acceptors (Lipinski definition) is 3. The highest BCUT2D eigenvalue weighted by Gasteiger charge is 2.38. The van der Waals surface area contributed by atoms with Crippen LogP contribution in [0, 0.1) is 11.8 Å². The minimum atomic E-state index is -0.353. The summed E-state index contributed by atoms with van der Waals surface area (Å²) in [6, 6.07) is 0.139. The number of rotatable bonds is 4. The molecule has 4 heteroatoms. The number of amides is 1. The third kappa shape index (κ3) is 3.73. The smallest absolute Gasteiger partial charge is 0.225 e. The minimum absolute atomic E-state index is 0.0473. The topological polar surface area (TPSA) is 81.1 Å². The van der Waals surface area contributed by atoms with E-state index < -0.39 is 0 Å². The Bertz CT molecular complexity index is 324. The van der Waals surface area contributed by atoms with E-state index in [4.69, 9.17) is 11.5 Å². The van der Waals surface area contributed by atoms with Gasteiger partial charge in [-0.2, -0.15) is 0 Å². The maximum Gasteiger partial charge on any atom is 0.225 e. The molecule has 5 N–H and O–H groups in total. The Kier molecular flexibility index (Phi) is 5.44. The Morgan fingerprint density at radius 1 is 1.20 bits per heavy atom. The van der Waals surface area contributed by atoms with Crippen LogP contribution in [0.15, 0.2) is 0 Å². The number of nitrogens with two attached hydrogens (primary N) is 2. The van der Waals surface area contributed by atoms with Crippen molar-refractivity contribution in [2.45, 2.75) is 76.3 Å². The van der Waals surface area contributed by atoms with Crippen LogP contribution < -0.4 is 16.8 Å². The van der Waals surface area contributed by atoms with Gasteiger partial charge in [0.1, 0.15) is 0 Å². The van der Waals surface area contributed by atoms with E-state index in [9.17, 15) is 4.79 Å². The molecule has 0 spiro atoms. The molecule has 4 nitrogen and oxygen atoms in total. The summed E-state index contributed by atoms with van der Waals surface area (Å²) in [5.41, 5.74) is 11.9. The van der Waals surface area contributed by atoms with E-state index in [1.54, 1.807) is 0 Å². The zero-order valence-corrected chi connectivity index (χ0v) is 12.9. The zero-order valence-electron chi connectivity index (χ0n) is 12.9. The number of carbonyl (C=O) groups excluding carboxylic acids is 1. The molecule has 2 aliphatic rings. The van der Waals surface area contributed by atoms with Gasteiger partial charge in [-0.25, -0.2) is 0 Å². The van der Waals surface area contributed by atoms with E-state index in [1.165, 1.54) is 32.1 Å². The van der Waals surface area contributed by atoms with Crippen molar-refractivity contribution in [1.82, 2.24) is 5.32 Å². The molecule has 3 atom stereocenters. The van der Waals surface area contributed by atoms with Crippen molar-refractivity contribution in [2.75, 3.05) is 6.54 Å². The molecule has 0 aliphatic heterocycles. The molecule has 2 saturated carbocycles. The van der Waals surface area contributed by atoms with Crippen LogP contribution in [0.1, 0.15) is 64.7 Å². The fraction of sp³-hybridized carbons (Fsp3) is 0.938. The fourth-order valence-corrected chi connectivity index (χ4v) is 3.98. The third-order valence-corrected chi connectivity index (χ3v) is 5.37. The van der Waals surface area contributed by atoms with Crippen LogP contribution in [0.2, 0.25) is 0 Å². The molecule has 2 rings (SSSR count). The van der Waals surface area contributed by atoms with Gasteiger partial charge in [0.05, 0.1) is 5.92 Å². The van der Waals surface area contributed by atoms with Crippen molar-refractivity contribution in [3.05, 3.63) is 0 Å². The standard InChI is InChI=1S/C16H31N3O/c1-16(18)10-6-5-9-13(16)15(20)19-14(11-17)12-7-3-2-4-8-12/h12-14H,2-11,17-18H2,1H3,(H,19,20). The zero-order chi connectivity index (χ0) is 14.6. The van der Waals surface area contributed by atoms with Gasteiger partial charge >= 0.3 is 0 Å². The van der Waals surface area contributed by atoms with Gasteiger partial charge in [0, 0.05) is 18.1 Å². The van der Waals surface area contributed by atoms with Gasteiger partial charge < -0.3 is 16.8 Å². The predicted molar refractivity (Wildman–Crippen MR) is 82.1 cm³/mol. The summed E-state index contributed by atoms with van der Waals surface area (Å²) >= 11 is 0. The van der Waals surface area contributed by atoms with E-state index >= 15 is 0 Å². The number of hydrogen-bond donors (Lipinski definition) is 3. The molecule has 0 saturated heterocycles. The van der Waals surface area contributed by atoms with Crippen molar-refractivity contribution in [3.63, 3.8) is 0 Å². The van der Waals surface area contributed by atoms with E-state index in [0.717, 1.165) is 25.7 Å². The molecule has 0 aromatic rings. The maximum atomic E-state index is 12.6. The van der Waals surface area contributed by atoms with Gasteiger partial charge in [-0.05, 0) is 38.5 Å². The van der Waals surface area contributed by atoms with E-state index in [1.807, 2.05) is 6.92 Å². The number of nitrogens with one attached hydrogen (secondary N) is 1. The first-order valence-electron chi connectivity index (χ1n) is 8.34. The van der Waals surface area contributed by atoms with Crippen LogP contribution in [0.5, 0.6) is 0 Å². The molecule has 0 aromatic carbocycles. The van der Waals surface area contributed by atoms with Gasteiger partial charge in [-0.15, -0.1) is 0 Å². The van der Waals surface area contributed by atoms with E-state index in [-0.39, 0.29) is 23.4 Å². The van der Waals surface area contributed by atoms with Crippen LogP contribution in [0.25, 0.3) is 0 Å². The number of carbonyl (C=O) groups is 1. The highest BCUT2D eigenvalue weighted by molar-refractivity contribution is 5.80. The van der Waals surface area contributed by atoms with E-state index in [0.29, 0.717) is 12.5 Å². The normalized spacial score (nSPS) is 33.6. The van der Waals surface area contributed by atoms with E-state index in [2.05, 4.69) is 5.32 Å². The van der Waals surface area contributed by atoms with Crippen molar-refractivity contribution in [3.8, 4) is 0 Å². The highest BCUT2D eigenvalue weighted by atomic mass is 16.2. The lowest BCUT2D eigenvalue weighted by Crippen LogP contribution is -2.56. The maximum absolute atomic E-state index is 12.6. The molecule has 20 heavy (non-hydrogen) atoms. The molecule has 2 aliphatic carbocycles. The molecule has 0 heterocycles. The molecule has 0 radical (unpaired) electrons. The van der Waals surface area contributed by atoms with Crippen LogP contribution in [0.4, 0.5) is 0 Å². The van der Waals surface area contributed by atoms with Crippen LogP contribution >= 0.6 is 0 Å². The van der Waals surface area contributed by atoms with Crippen molar-refractivity contribution < 1.29 is 4.79 Å². The quantitative estimate of drug-likeness (QED) is 0.736. The van der Waals surface area contributed by atoms with Gasteiger partial charge in [-0.3, -0.25) is 4.79 Å². The van der Waals surface area contributed by atoms with Gasteiger partial charge in [-0.1, -0.05) is 32.1 Å². The van der Waals surface area contributed by atoms with Crippen LogP contribution in [0.3, 0.4) is 0 Å². The Labute approximate surface area is 123 Å². The summed E-state index contributed by atoms with van der Waals surface area (Å²) in [6.45, 7) is 2.57. The average Bonchev–Trinajstić information content (AvgIpc) is 2.45. The van der Waals surface area contributed by atoms with Crippen molar-refractivity contribution in [1.29, 1.82) is 0 Å². The SMILES string of the molecule is CC1(N)CCCCC1C(=O)NC(CN)C1CCCCC1. The highest BCUT2D eigenvalue weighted by Crippen LogP contribution is 2.32. The van der Waals surface area contributed by atoms with Crippen LogP contribution in [-0.4, -0.2) is 24.0 Å². The summed E-state index contributed by atoms with van der Waals surface area (Å²) in [6.07, 6.45) is 10.4. The summed E-state index contributed by atoms with van der Waals surface area (Å²) in [5, 5.41) is 3.22.